The van der Waals surface area contributed by atoms with E-state index in [-0.39, 0.29) is 0 Å². The van der Waals surface area contributed by atoms with E-state index in [1.54, 1.807) is 11.1 Å². The van der Waals surface area contributed by atoms with E-state index in [1.165, 1.54) is 95.7 Å². The minimum atomic E-state index is 0.674. The maximum Gasteiger partial charge on any atom is 0.221 e. The van der Waals surface area contributed by atoms with Gasteiger partial charge < -0.3 is 0 Å². The average molecular weight is 451 g/mol. The molecule has 3 aliphatic rings. The monoisotopic (exact) mass is 450 g/mol. The Labute approximate surface area is 205 Å². The van der Waals surface area contributed by atoms with Crippen molar-refractivity contribution in [2.45, 2.75) is 90.4 Å². The van der Waals surface area contributed by atoms with Crippen molar-refractivity contribution in [3.8, 4) is 0 Å². The van der Waals surface area contributed by atoms with Gasteiger partial charge in [-0.15, -0.1) is 0 Å². The highest BCUT2D eigenvalue weighted by atomic mass is 14.9. The van der Waals surface area contributed by atoms with Gasteiger partial charge in [0.15, 0.2) is 6.20 Å². The highest BCUT2D eigenvalue weighted by Gasteiger charge is 2.31. The Balaban J connectivity index is 1.54. The molecule has 3 aromatic rings. The van der Waals surface area contributed by atoms with Crippen molar-refractivity contribution in [1.82, 2.24) is 0 Å². The zero-order valence-electron chi connectivity index (χ0n) is 21.6. The summed E-state index contributed by atoms with van der Waals surface area (Å²) in [6, 6.07) is 12.4. The molecule has 2 saturated carbocycles. The molecule has 2 aromatic carbocycles. The molecular formula is C33H40N+. The molecule has 0 N–H and O–H groups in total. The molecule has 0 unspecified atom stereocenters. The quantitative estimate of drug-likeness (QED) is 0.269. The first kappa shape index (κ1) is 22.1. The lowest BCUT2D eigenvalue weighted by atomic mass is 9.83. The van der Waals surface area contributed by atoms with Crippen LogP contribution in [0.5, 0.6) is 0 Å². The molecule has 1 heteroatoms. The highest BCUT2D eigenvalue weighted by molar-refractivity contribution is 6.11. The van der Waals surface area contributed by atoms with Crippen molar-refractivity contribution in [2.24, 2.45) is 13.0 Å². The Morgan fingerprint density at radius 2 is 1.62 bits per heavy atom. The molecule has 176 valence electrons. The number of benzene rings is 2. The Hall–Kier alpha value is -2.41. The summed E-state index contributed by atoms with van der Waals surface area (Å²) >= 11 is 0. The summed E-state index contributed by atoms with van der Waals surface area (Å²) in [6.07, 6.45) is 17.0. The molecule has 6 rings (SSSR count). The normalized spacial score (nSPS) is 18.6. The van der Waals surface area contributed by atoms with Gasteiger partial charge in [-0.2, -0.15) is 0 Å². The number of aryl methyl sites for hydroxylation is 1. The molecule has 0 aliphatic heterocycles. The second-order valence-corrected chi connectivity index (χ2v) is 11.8. The standard InChI is InChI=1S/C33H40N/c1-21(2)15-23-16-26-13-14-34(4)33-31(20-28(17-23)32(26)33)30-19-27(24-9-5-6-10-24)18-29(22(30)3)25-11-7-8-12-25/h13-14,16-21,24-25H,5-12,15H2,1-4H3/q+1. The first-order valence-electron chi connectivity index (χ1n) is 13.8. The number of rotatable bonds is 5. The molecule has 2 fully saturated rings. The van der Waals surface area contributed by atoms with Gasteiger partial charge in [0, 0.05) is 6.07 Å². The van der Waals surface area contributed by atoms with Gasteiger partial charge in [-0.05, 0) is 102 Å². The predicted molar refractivity (Wildman–Crippen MR) is 144 cm³/mol. The summed E-state index contributed by atoms with van der Waals surface area (Å²) in [6.45, 7) is 7.06. The van der Waals surface area contributed by atoms with Crippen molar-refractivity contribution in [3.05, 3.63) is 75.6 Å². The smallest absolute Gasteiger partial charge is 0.200 e. The van der Waals surface area contributed by atoms with E-state index in [9.17, 15) is 0 Å². The molecule has 0 saturated heterocycles. The maximum atomic E-state index is 2.63. The first-order chi connectivity index (χ1) is 16.5. The maximum absolute atomic E-state index is 2.63. The van der Waals surface area contributed by atoms with Crippen LogP contribution in [0.4, 0.5) is 0 Å². The second-order valence-electron chi connectivity index (χ2n) is 11.8. The minimum Gasteiger partial charge on any atom is -0.200 e. The molecule has 1 heterocycles. The van der Waals surface area contributed by atoms with Gasteiger partial charge in [-0.25, -0.2) is 4.57 Å². The van der Waals surface area contributed by atoms with Crippen LogP contribution in [0.2, 0.25) is 0 Å². The van der Waals surface area contributed by atoms with E-state index >= 15 is 0 Å². The lowest BCUT2D eigenvalue weighted by Crippen LogP contribution is -2.32. The third kappa shape index (κ3) is 3.72. The van der Waals surface area contributed by atoms with E-state index in [1.807, 2.05) is 0 Å². The number of nitrogens with zero attached hydrogens (tertiary/aromatic N) is 1. The molecule has 34 heavy (non-hydrogen) atoms. The number of aromatic nitrogens is 1. The van der Waals surface area contributed by atoms with Crippen LogP contribution < -0.4 is 4.57 Å². The van der Waals surface area contributed by atoms with Crippen molar-refractivity contribution >= 4 is 22.4 Å². The van der Waals surface area contributed by atoms with Crippen LogP contribution in [0.3, 0.4) is 0 Å². The summed E-state index contributed by atoms with van der Waals surface area (Å²) in [4.78, 5) is 0. The lowest BCUT2D eigenvalue weighted by molar-refractivity contribution is -0.672. The van der Waals surface area contributed by atoms with Crippen molar-refractivity contribution in [3.63, 3.8) is 0 Å². The highest BCUT2D eigenvalue weighted by Crippen LogP contribution is 2.45. The average Bonchev–Trinajstić information content (AvgIpc) is 3.57. The molecule has 0 bridgehead atoms. The molecule has 0 spiro atoms. The van der Waals surface area contributed by atoms with Crippen LogP contribution in [-0.2, 0) is 13.5 Å². The molecule has 0 radical (unpaired) electrons. The van der Waals surface area contributed by atoms with Crippen LogP contribution in [0, 0.1) is 12.8 Å². The molecular weight excluding hydrogens is 410 g/mol. The summed E-state index contributed by atoms with van der Waals surface area (Å²) in [5, 5.41) is 2.84. The molecule has 0 amide bonds. The Kier molecular flexibility index (Phi) is 5.63. The van der Waals surface area contributed by atoms with Gasteiger partial charge >= 0.3 is 0 Å². The van der Waals surface area contributed by atoms with Gasteiger partial charge in [0.1, 0.15) is 7.05 Å². The van der Waals surface area contributed by atoms with Crippen LogP contribution in [0.1, 0.15) is 116 Å². The fraction of sp³-hybridized carbons (Fsp3) is 0.485. The topological polar surface area (TPSA) is 3.88 Å². The predicted octanol–water partition coefficient (Wildman–Crippen LogP) is 8.39. The molecule has 0 atom stereocenters. The Bertz CT molecular complexity index is 1280. The van der Waals surface area contributed by atoms with Gasteiger partial charge in [-0.3, -0.25) is 0 Å². The van der Waals surface area contributed by atoms with E-state index in [4.69, 9.17) is 0 Å². The van der Waals surface area contributed by atoms with Crippen LogP contribution >= 0.6 is 0 Å². The molecule has 3 aliphatic carbocycles. The van der Waals surface area contributed by atoms with Gasteiger partial charge in [-0.1, -0.05) is 63.8 Å². The third-order valence-electron chi connectivity index (χ3n) is 8.91. The zero-order chi connectivity index (χ0) is 23.4. The van der Waals surface area contributed by atoms with E-state index in [0.29, 0.717) is 5.92 Å². The summed E-state index contributed by atoms with van der Waals surface area (Å²) in [5.41, 5.74) is 12.0. The molecule has 1 nitrogen and oxygen atoms in total. The SMILES string of the molecule is Cc1c(C2=Cc3cc(CC(C)C)cc4cc[n+](C)c2c34)cc(C2CCCC2)cc1C1CCCC1. The van der Waals surface area contributed by atoms with Gasteiger partial charge in [0.25, 0.3) is 0 Å². The zero-order valence-corrected chi connectivity index (χ0v) is 21.6. The fourth-order valence-electron chi connectivity index (χ4n) is 7.25. The summed E-state index contributed by atoms with van der Waals surface area (Å²) < 4.78 is 2.36. The van der Waals surface area contributed by atoms with Gasteiger partial charge in [0.2, 0.25) is 5.69 Å². The van der Waals surface area contributed by atoms with Crippen molar-refractivity contribution in [1.29, 1.82) is 0 Å². The van der Waals surface area contributed by atoms with Crippen LogP contribution in [0.25, 0.3) is 22.4 Å². The molecule has 1 aromatic heterocycles. The van der Waals surface area contributed by atoms with E-state index in [0.717, 1.165) is 18.3 Å². The third-order valence-corrected chi connectivity index (χ3v) is 8.91. The summed E-state index contributed by atoms with van der Waals surface area (Å²) in [5.74, 6) is 2.19. The number of hydrogen-bond donors (Lipinski definition) is 0. The number of pyridine rings is 1. The fourth-order valence-corrected chi connectivity index (χ4v) is 7.25. The first-order valence-corrected chi connectivity index (χ1v) is 13.8. The van der Waals surface area contributed by atoms with Crippen molar-refractivity contribution < 1.29 is 4.57 Å². The van der Waals surface area contributed by atoms with Crippen LogP contribution in [0.15, 0.2) is 36.5 Å². The van der Waals surface area contributed by atoms with E-state index < -0.39 is 0 Å². The van der Waals surface area contributed by atoms with E-state index in [2.05, 4.69) is 75.0 Å². The Morgan fingerprint density at radius 3 is 2.32 bits per heavy atom. The van der Waals surface area contributed by atoms with Crippen LogP contribution in [-0.4, -0.2) is 0 Å². The summed E-state index contributed by atoms with van der Waals surface area (Å²) in [7, 11) is 2.23. The Morgan fingerprint density at radius 1 is 0.912 bits per heavy atom. The lowest BCUT2D eigenvalue weighted by Gasteiger charge is -2.21. The van der Waals surface area contributed by atoms with Gasteiger partial charge in [0.05, 0.1) is 11.0 Å². The second kappa shape index (κ2) is 8.67. The number of hydrogen-bond acceptors (Lipinski definition) is 0. The largest absolute Gasteiger partial charge is 0.221 e. The van der Waals surface area contributed by atoms with Crippen molar-refractivity contribution in [2.75, 3.05) is 0 Å². The minimum absolute atomic E-state index is 0.674.